The Kier molecular flexibility index (Phi) is 1.14. The minimum absolute atomic E-state index is 1.14. The number of fused-ring (bicyclic) bond motifs is 1. The molecule has 1 heteroatoms. The van der Waals surface area contributed by atoms with Gasteiger partial charge >= 0.3 is 0 Å². The van der Waals surface area contributed by atoms with Crippen LogP contribution in [0, 0.1) is 6.07 Å². The van der Waals surface area contributed by atoms with Crippen molar-refractivity contribution in [3.05, 3.63) is 42.7 Å². The normalized spacial score (nSPS) is 10.0. The van der Waals surface area contributed by atoms with Gasteiger partial charge in [0.15, 0.2) is 0 Å². The van der Waals surface area contributed by atoms with Gasteiger partial charge in [-0.1, -0.05) is 12.1 Å². The molecular weight excluding hydrogens is 122 g/mol. The number of hydrogen-bond donors (Lipinski definition) is 0. The minimum atomic E-state index is 1.14. The van der Waals surface area contributed by atoms with Crippen LogP contribution in [0.25, 0.3) is 10.8 Å². The highest BCUT2D eigenvalue weighted by Crippen LogP contribution is 2.09. The molecular formula is C9H6N. The fourth-order valence-corrected chi connectivity index (χ4v) is 0.966. The van der Waals surface area contributed by atoms with E-state index in [2.05, 4.69) is 11.1 Å². The van der Waals surface area contributed by atoms with E-state index < -0.39 is 0 Å². The van der Waals surface area contributed by atoms with Crippen molar-refractivity contribution in [2.45, 2.75) is 0 Å². The van der Waals surface area contributed by atoms with Gasteiger partial charge in [0, 0.05) is 17.8 Å². The number of hydrogen-bond acceptors (Lipinski definition) is 1. The molecule has 0 saturated heterocycles. The minimum Gasteiger partial charge on any atom is -0.264 e. The van der Waals surface area contributed by atoms with Crippen LogP contribution in [0.4, 0.5) is 0 Å². The summed E-state index contributed by atoms with van der Waals surface area (Å²) in [5.74, 6) is 0. The van der Waals surface area contributed by atoms with Crippen LogP contribution in [-0.2, 0) is 0 Å². The van der Waals surface area contributed by atoms with Crippen LogP contribution >= 0.6 is 0 Å². The first kappa shape index (κ1) is 5.42. The summed E-state index contributed by atoms with van der Waals surface area (Å²) in [5.41, 5.74) is 0. The molecule has 0 fully saturated rings. The summed E-state index contributed by atoms with van der Waals surface area (Å²) in [6, 6.07) is 10.8. The van der Waals surface area contributed by atoms with E-state index in [0.29, 0.717) is 0 Å². The molecule has 0 bridgehead atoms. The van der Waals surface area contributed by atoms with Crippen molar-refractivity contribution in [3.63, 3.8) is 0 Å². The average Bonchev–Trinajstić information content (AvgIpc) is 2.05. The molecule has 0 aliphatic heterocycles. The summed E-state index contributed by atoms with van der Waals surface area (Å²) in [6.07, 6.45) is 3.63. The Morgan fingerprint density at radius 3 is 3.10 bits per heavy atom. The van der Waals surface area contributed by atoms with Gasteiger partial charge in [0.05, 0.1) is 0 Å². The van der Waals surface area contributed by atoms with E-state index in [1.54, 1.807) is 6.20 Å². The second-order valence-corrected chi connectivity index (χ2v) is 2.15. The van der Waals surface area contributed by atoms with Crippen LogP contribution in [0.3, 0.4) is 0 Å². The molecule has 0 saturated carbocycles. The molecule has 2 rings (SSSR count). The molecule has 1 aromatic heterocycles. The van der Waals surface area contributed by atoms with E-state index in [1.165, 1.54) is 5.39 Å². The van der Waals surface area contributed by atoms with Crippen molar-refractivity contribution in [1.82, 2.24) is 4.98 Å². The zero-order chi connectivity index (χ0) is 6.81. The maximum Gasteiger partial charge on any atom is 0.0346 e. The van der Waals surface area contributed by atoms with E-state index in [4.69, 9.17) is 0 Å². The number of benzene rings is 1. The molecule has 1 aromatic carbocycles. The third kappa shape index (κ3) is 0.760. The van der Waals surface area contributed by atoms with E-state index >= 15 is 0 Å². The first-order chi connectivity index (χ1) is 4.97. The molecule has 0 amide bonds. The standard InChI is InChI=1S/C9H6N/c1-2-4-9-7-10-6-5-8(9)3-1/h1,3-7H. The molecule has 0 unspecified atom stereocenters. The van der Waals surface area contributed by atoms with E-state index in [-0.39, 0.29) is 0 Å². The fraction of sp³-hybridized carbons (Fsp3) is 0. The summed E-state index contributed by atoms with van der Waals surface area (Å²) in [6.45, 7) is 0. The lowest BCUT2D eigenvalue weighted by molar-refractivity contribution is 1.36. The maximum absolute atomic E-state index is 3.99. The van der Waals surface area contributed by atoms with Crippen molar-refractivity contribution >= 4 is 10.8 Å². The van der Waals surface area contributed by atoms with Gasteiger partial charge in [-0.2, -0.15) is 0 Å². The summed E-state index contributed by atoms with van der Waals surface area (Å²) in [4.78, 5) is 3.99. The Morgan fingerprint density at radius 2 is 2.20 bits per heavy atom. The fourth-order valence-electron chi connectivity index (χ4n) is 0.966. The Morgan fingerprint density at radius 1 is 1.20 bits per heavy atom. The Bertz CT molecular complexity index is 276. The summed E-state index contributed by atoms with van der Waals surface area (Å²) in [5, 5.41) is 2.36. The highest BCUT2D eigenvalue weighted by Gasteiger charge is 1.86. The van der Waals surface area contributed by atoms with Crippen molar-refractivity contribution in [2.24, 2.45) is 0 Å². The monoisotopic (exact) mass is 128 g/mol. The maximum atomic E-state index is 3.99. The highest BCUT2D eigenvalue weighted by molar-refractivity contribution is 5.80. The smallest absolute Gasteiger partial charge is 0.0346 e. The van der Waals surface area contributed by atoms with Crippen molar-refractivity contribution < 1.29 is 0 Å². The number of nitrogens with zero attached hydrogens (tertiary/aromatic N) is 1. The zero-order valence-corrected chi connectivity index (χ0v) is 5.41. The van der Waals surface area contributed by atoms with E-state index in [0.717, 1.165) is 5.39 Å². The second kappa shape index (κ2) is 2.10. The van der Waals surface area contributed by atoms with Gasteiger partial charge in [-0.25, -0.2) is 0 Å². The number of rotatable bonds is 0. The van der Waals surface area contributed by atoms with Gasteiger partial charge in [0.2, 0.25) is 0 Å². The highest BCUT2D eigenvalue weighted by atomic mass is 14.6. The molecule has 0 aliphatic rings. The molecule has 2 aromatic rings. The van der Waals surface area contributed by atoms with Crippen molar-refractivity contribution in [1.29, 1.82) is 0 Å². The Balaban J connectivity index is 2.89. The molecule has 0 aliphatic carbocycles. The van der Waals surface area contributed by atoms with Crippen molar-refractivity contribution in [3.8, 4) is 0 Å². The summed E-state index contributed by atoms with van der Waals surface area (Å²) >= 11 is 0. The lowest BCUT2D eigenvalue weighted by Crippen LogP contribution is -1.71. The number of pyridine rings is 1. The lowest BCUT2D eigenvalue weighted by atomic mass is 10.2. The first-order valence-electron chi connectivity index (χ1n) is 3.17. The second-order valence-electron chi connectivity index (χ2n) is 2.15. The van der Waals surface area contributed by atoms with E-state index in [9.17, 15) is 0 Å². The molecule has 1 nitrogen and oxygen atoms in total. The van der Waals surface area contributed by atoms with Crippen molar-refractivity contribution in [2.75, 3.05) is 0 Å². The lowest BCUT2D eigenvalue weighted by Gasteiger charge is -1.91. The molecule has 0 spiro atoms. The molecule has 0 atom stereocenters. The quantitative estimate of drug-likeness (QED) is 0.529. The topological polar surface area (TPSA) is 12.9 Å². The van der Waals surface area contributed by atoms with Gasteiger partial charge in [-0.05, 0) is 23.6 Å². The molecule has 1 heterocycles. The van der Waals surface area contributed by atoms with E-state index in [1.807, 2.05) is 30.5 Å². The zero-order valence-electron chi connectivity index (χ0n) is 5.41. The van der Waals surface area contributed by atoms with Crippen LogP contribution < -0.4 is 0 Å². The largest absolute Gasteiger partial charge is 0.264 e. The van der Waals surface area contributed by atoms with Crippen LogP contribution in [0.1, 0.15) is 0 Å². The van der Waals surface area contributed by atoms with Gasteiger partial charge in [0.1, 0.15) is 0 Å². The van der Waals surface area contributed by atoms with Gasteiger partial charge < -0.3 is 0 Å². The predicted molar refractivity (Wildman–Crippen MR) is 40.6 cm³/mol. The number of aromatic nitrogens is 1. The predicted octanol–water partition coefficient (Wildman–Crippen LogP) is 2.03. The van der Waals surface area contributed by atoms with Crippen LogP contribution in [0.5, 0.6) is 0 Å². The first-order valence-corrected chi connectivity index (χ1v) is 3.17. The molecule has 0 N–H and O–H groups in total. The third-order valence-electron chi connectivity index (χ3n) is 1.49. The summed E-state index contributed by atoms with van der Waals surface area (Å²) in [7, 11) is 0. The van der Waals surface area contributed by atoms with Gasteiger partial charge in [-0.15, -0.1) is 0 Å². The Labute approximate surface area is 59.3 Å². The Hall–Kier alpha value is -1.37. The SMILES string of the molecule is [c]1ccc2ccncc2c1. The molecule has 10 heavy (non-hydrogen) atoms. The summed E-state index contributed by atoms with van der Waals surface area (Å²) < 4.78 is 0. The molecule has 1 radical (unpaired) electrons. The van der Waals surface area contributed by atoms with Crippen LogP contribution in [-0.4, -0.2) is 4.98 Å². The third-order valence-corrected chi connectivity index (χ3v) is 1.49. The average molecular weight is 128 g/mol. The molecule has 47 valence electrons. The van der Waals surface area contributed by atoms with Gasteiger partial charge in [-0.3, -0.25) is 4.98 Å². The van der Waals surface area contributed by atoms with Gasteiger partial charge in [0.25, 0.3) is 0 Å². The van der Waals surface area contributed by atoms with Crippen LogP contribution in [0.15, 0.2) is 36.7 Å². The van der Waals surface area contributed by atoms with Crippen LogP contribution in [0.2, 0.25) is 0 Å².